The molecule has 3 nitrogen and oxygen atoms in total. The number of likely N-dealkylation sites (N-methyl/N-ethyl adjacent to an activating group) is 2. The third kappa shape index (κ3) is 3.76. The van der Waals surface area contributed by atoms with Crippen molar-refractivity contribution < 1.29 is 4.39 Å². The highest BCUT2D eigenvalue weighted by Gasteiger charge is 2.09. The predicted octanol–water partition coefficient (Wildman–Crippen LogP) is 1.98. The Labute approximate surface area is 98.0 Å². The topological polar surface area (TPSA) is 19.4 Å². The fraction of sp³-hybridized carbons (Fsp3) is 0.500. The number of nitrogens with zero attached hydrogens (tertiary/aromatic N) is 3. The molecule has 0 aromatic carbocycles. The first-order valence-electron chi connectivity index (χ1n) is 4.67. The van der Waals surface area contributed by atoms with Gasteiger partial charge in [0.05, 0.1) is 0 Å². The molecule has 0 unspecified atom stereocenters. The first-order valence-corrected chi connectivity index (χ1v) is 5.47. The minimum absolute atomic E-state index is 0.300. The normalized spacial score (nSPS) is 10.8. The molecular weight excluding hydrogens is 261 g/mol. The molecule has 84 valence electrons. The van der Waals surface area contributed by atoms with Gasteiger partial charge in [0.2, 0.25) is 0 Å². The molecule has 0 saturated heterocycles. The molecule has 0 bridgehead atoms. The molecule has 0 radical (unpaired) electrons. The molecule has 0 N–H and O–H groups in total. The van der Waals surface area contributed by atoms with Gasteiger partial charge in [-0.05, 0) is 36.1 Å². The Hall–Kier alpha value is -0.680. The summed E-state index contributed by atoms with van der Waals surface area (Å²) in [6, 6.07) is 1.43. The zero-order chi connectivity index (χ0) is 11.4. The van der Waals surface area contributed by atoms with E-state index in [1.54, 1.807) is 6.20 Å². The summed E-state index contributed by atoms with van der Waals surface area (Å²) in [7, 11) is 5.81. The van der Waals surface area contributed by atoms with Gasteiger partial charge in [-0.3, -0.25) is 0 Å². The Morgan fingerprint density at radius 2 is 2.00 bits per heavy atom. The van der Waals surface area contributed by atoms with Crippen LogP contribution in [0.4, 0.5) is 10.2 Å². The van der Waals surface area contributed by atoms with Crippen molar-refractivity contribution in [3.8, 4) is 0 Å². The molecule has 1 aromatic rings. The molecule has 0 saturated carbocycles. The maximum Gasteiger partial charge on any atom is 0.166 e. The molecule has 15 heavy (non-hydrogen) atoms. The van der Waals surface area contributed by atoms with Gasteiger partial charge in [0.15, 0.2) is 11.6 Å². The number of aromatic nitrogens is 1. The van der Waals surface area contributed by atoms with Gasteiger partial charge in [0.25, 0.3) is 0 Å². The first-order chi connectivity index (χ1) is 7.00. The second-order valence-corrected chi connectivity index (χ2v) is 4.60. The van der Waals surface area contributed by atoms with E-state index >= 15 is 0 Å². The predicted molar refractivity (Wildman–Crippen MR) is 63.7 cm³/mol. The van der Waals surface area contributed by atoms with Crippen molar-refractivity contribution in [3.05, 3.63) is 22.6 Å². The maximum atomic E-state index is 13.5. The largest absolute Gasteiger partial charge is 0.356 e. The first kappa shape index (κ1) is 12.4. The van der Waals surface area contributed by atoms with Gasteiger partial charge < -0.3 is 9.80 Å². The van der Waals surface area contributed by atoms with Crippen LogP contribution < -0.4 is 4.90 Å². The van der Waals surface area contributed by atoms with Crippen molar-refractivity contribution >= 4 is 21.7 Å². The van der Waals surface area contributed by atoms with Crippen molar-refractivity contribution in [1.82, 2.24) is 9.88 Å². The van der Waals surface area contributed by atoms with Crippen LogP contribution in [0.1, 0.15) is 0 Å². The number of halogens is 2. The molecule has 5 heteroatoms. The molecule has 0 aliphatic heterocycles. The van der Waals surface area contributed by atoms with E-state index in [0.29, 0.717) is 10.3 Å². The fourth-order valence-electron chi connectivity index (χ4n) is 1.14. The highest BCUT2D eigenvalue weighted by molar-refractivity contribution is 9.10. The van der Waals surface area contributed by atoms with E-state index in [1.165, 1.54) is 6.07 Å². The smallest absolute Gasteiger partial charge is 0.166 e. The molecule has 1 heterocycles. The zero-order valence-electron chi connectivity index (χ0n) is 9.17. The third-order valence-electron chi connectivity index (χ3n) is 2.03. The second-order valence-electron chi connectivity index (χ2n) is 3.68. The van der Waals surface area contributed by atoms with Crippen LogP contribution in [0, 0.1) is 5.82 Å². The summed E-state index contributed by atoms with van der Waals surface area (Å²) < 4.78 is 14.1. The second kappa shape index (κ2) is 5.42. The van der Waals surface area contributed by atoms with E-state index < -0.39 is 0 Å². The number of rotatable bonds is 4. The van der Waals surface area contributed by atoms with E-state index in [-0.39, 0.29) is 5.82 Å². The van der Waals surface area contributed by atoms with E-state index in [0.717, 1.165) is 13.1 Å². The molecule has 0 fully saturated rings. The Bertz CT molecular complexity index is 330. The van der Waals surface area contributed by atoms with Crippen molar-refractivity contribution in [2.45, 2.75) is 0 Å². The molecule has 0 amide bonds. The zero-order valence-corrected chi connectivity index (χ0v) is 10.8. The molecule has 1 rings (SSSR count). The number of hydrogen-bond acceptors (Lipinski definition) is 3. The Morgan fingerprint density at radius 3 is 2.53 bits per heavy atom. The van der Waals surface area contributed by atoms with Crippen LogP contribution in [0.25, 0.3) is 0 Å². The van der Waals surface area contributed by atoms with Gasteiger partial charge in [0, 0.05) is 30.8 Å². The van der Waals surface area contributed by atoms with Crippen LogP contribution in [0.3, 0.4) is 0 Å². The molecule has 0 atom stereocenters. The average molecular weight is 276 g/mol. The van der Waals surface area contributed by atoms with Gasteiger partial charge in [-0.1, -0.05) is 0 Å². The highest BCUT2D eigenvalue weighted by atomic mass is 79.9. The van der Waals surface area contributed by atoms with Crippen LogP contribution in [0.5, 0.6) is 0 Å². The Balaban J connectivity index is 2.69. The fourth-order valence-corrected chi connectivity index (χ4v) is 1.45. The quantitative estimate of drug-likeness (QED) is 0.838. The average Bonchev–Trinajstić information content (AvgIpc) is 2.14. The van der Waals surface area contributed by atoms with E-state index in [1.807, 2.05) is 30.9 Å². The summed E-state index contributed by atoms with van der Waals surface area (Å²) in [6.07, 6.45) is 1.60. The van der Waals surface area contributed by atoms with Gasteiger partial charge >= 0.3 is 0 Å². The summed E-state index contributed by atoms with van der Waals surface area (Å²) in [5.74, 6) is 0.0886. The summed E-state index contributed by atoms with van der Waals surface area (Å²) in [5, 5.41) is 0. The van der Waals surface area contributed by atoms with E-state index in [9.17, 15) is 4.39 Å². The van der Waals surface area contributed by atoms with Crippen LogP contribution in [0.2, 0.25) is 0 Å². The summed E-state index contributed by atoms with van der Waals surface area (Å²) in [6.45, 7) is 1.62. The standard InChI is InChI=1S/C10H15BrFN3/c1-14(2)4-5-15(3)10-9(12)6-8(11)7-13-10/h6-7H,4-5H2,1-3H3. The number of anilines is 1. The van der Waals surface area contributed by atoms with Crippen LogP contribution in [-0.4, -0.2) is 44.1 Å². The number of hydrogen-bond donors (Lipinski definition) is 0. The van der Waals surface area contributed by atoms with Gasteiger partial charge in [-0.25, -0.2) is 9.37 Å². The van der Waals surface area contributed by atoms with Crippen LogP contribution >= 0.6 is 15.9 Å². The molecule has 0 aliphatic rings. The van der Waals surface area contributed by atoms with Gasteiger partial charge in [0.1, 0.15) is 0 Å². The lowest BCUT2D eigenvalue weighted by Gasteiger charge is -2.20. The molecule has 0 spiro atoms. The minimum Gasteiger partial charge on any atom is -0.356 e. The van der Waals surface area contributed by atoms with E-state index in [2.05, 4.69) is 20.9 Å². The van der Waals surface area contributed by atoms with Gasteiger partial charge in [-0.2, -0.15) is 0 Å². The van der Waals surface area contributed by atoms with Crippen molar-refractivity contribution in [2.75, 3.05) is 39.1 Å². The van der Waals surface area contributed by atoms with Gasteiger partial charge in [-0.15, -0.1) is 0 Å². The molecule has 0 aliphatic carbocycles. The van der Waals surface area contributed by atoms with Crippen LogP contribution in [-0.2, 0) is 0 Å². The summed E-state index contributed by atoms with van der Waals surface area (Å²) >= 11 is 3.18. The third-order valence-corrected chi connectivity index (χ3v) is 2.47. The lowest BCUT2D eigenvalue weighted by molar-refractivity contribution is 0.415. The Kier molecular flexibility index (Phi) is 4.47. The highest BCUT2D eigenvalue weighted by Crippen LogP contribution is 2.18. The molecular formula is C10H15BrFN3. The van der Waals surface area contributed by atoms with Crippen molar-refractivity contribution in [3.63, 3.8) is 0 Å². The maximum absolute atomic E-state index is 13.5. The number of pyridine rings is 1. The molecule has 1 aromatic heterocycles. The lowest BCUT2D eigenvalue weighted by Crippen LogP contribution is -2.29. The van der Waals surface area contributed by atoms with Crippen molar-refractivity contribution in [2.24, 2.45) is 0 Å². The SMILES string of the molecule is CN(C)CCN(C)c1ncc(Br)cc1F. The van der Waals surface area contributed by atoms with Crippen molar-refractivity contribution in [1.29, 1.82) is 0 Å². The van der Waals surface area contributed by atoms with Crippen LogP contribution in [0.15, 0.2) is 16.7 Å². The summed E-state index contributed by atoms with van der Waals surface area (Å²) in [5.41, 5.74) is 0. The Morgan fingerprint density at radius 1 is 1.33 bits per heavy atom. The summed E-state index contributed by atoms with van der Waals surface area (Å²) in [4.78, 5) is 7.90. The lowest BCUT2D eigenvalue weighted by atomic mass is 10.4. The minimum atomic E-state index is -0.300. The monoisotopic (exact) mass is 275 g/mol. The van der Waals surface area contributed by atoms with E-state index in [4.69, 9.17) is 0 Å².